The van der Waals surface area contributed by atoms with Crippen molar-refractivity contribution in [3.8, 4) is 23.0 Å². The molecule has 0 aliphatic rings. The first-order chi connectivity index (χ1) is 17.2. The van der Waals surface area contributed by atoms with Crippen LogP contribution in [0, 0.1) is 0 Å². The molecule has 0 aromatic heterocycles. The minimum Gasteiger partial charge on any atom is -0.496 e. The lowest BCUT2D eigenvalue weighted by molar-refractivity contribution is -0.967. The van der Waals surface area contributed by atoms with Gasteiger partial charge in [0.1, 0.15) is 23.0 Å². The summed E-state index contributed by atoms with van der Waals surface area (Å²) in [5.41, 5.74) is -0.421. The fraction of sp³-hybridized carbons (Fsp3) is 0.444. The molecule has 0 aliphatic heterocycles. The molecule has 2 aromatic carbocycles. The summed E-state index contributed by atoms with van der Waals surface area (Å²) in [6.07, 6.45) is 1.64. The Labute approximate surface area is 216 Å². The molecule has 0 fully saturated rings. The standard InChI is InChI=1S/C27H37NO7S/c1-8-28(9-2,10-3)27(26(29)30,22-13-11-12-14-23(22)33-5)19-36(31)16-15-21-24(34-6)17-20(32-4)18-25(21)35-7/h11-18H,8-10,19H2,1-7H3/p+1. The van der Waals surface area contributed by atoms with Crippen molar-refractivity contribution in [2.45, 2.75) is 26.3 Å². The highest BCUT2D eigenvalue weighted by molar-refractivity contribution is 7.88. The number of ether oxygens (including phenoxy) is 4. The highest BCUT2D eigenvalue weighted by atomic mass is 32.2. The van der Waals surface area contributed by atoms with Crippen LogP contribution in [0.15, 0.2) is 41.8 Å². The van der Waals surface area contributed by atoms with Crippen LogP contribution >= 0.6 is 0 Å². The fourth-order valence-electron chi connectivity index (χ4n) is 4.91. The molecule has 0 radical (unpaired) electrons. The molecule has 2 rings (SSSR count). The number of nitrogens with zero attached hydrogens (tertiary/aromatic N) is 1. The first-order valence-corrected chi connectivity index (χ1v) is 13.2. The van der Waals surface area contributed by atoms with Gasteiger partial charge in [-0.3, -0.25) is 4.21 Å². The summed E-state index contributed by atoms with van der Waals surface area (Å²) in [5, 5.41) is 12.3. The topological polar surface area (TPSA) is 91.3 Å². The number of rotatable bonds is 14. The van der Waals surface area contributed by atoms with Crippen LogP contribution in [0.4, 0.5) is 0 Å². The number of carboxylic acid groups (broad SMARTS) is 1. The quantitative estimate of drug-likeness (QED) is 0.372. The van der Waals surface area contributed by atoms with Gasteiger partial charge in [-0.15, -0.1) is 0 Å². The van der Waals surface area contributed by atoms with Crippen molar-refractivity contribution >= 4 is 22.8 Å². The maximum absolute atomic E-state index is 13.6. The number of quaternary nitrogens is 1. The third-order valence-corrected chi connectivity index (χ3v) is 8.16. The molecule has 0 aliphatic carbocycles. The average Bonchev–Trinajstić information content (AvgIpc) is 2.91. The van der Waals surface area contributed by atoms with Gasteiger partial charge in [0, 0.05) is 17.5 Å². The number of hydrogen-bond acceptors (Lipinski definition) is 6. The molecular formula is C27H38NO7S+. The number of methoxy groups -OCH3 is 4. The number of aliphatic carboxylic acids is 1. The molecule has 0 saturated carbocycles. The lowest BCUT2D eigenvalue weighted by Crippen LogP contribution is -2.68. The highest BCUT2D eigenvalue weighted by Crippen LogP contribution is 2.42. The number of hydrogen-bond donors (Lipinski definition) is 1. The second kappa shape index (κ2) is 12.8. The van der Waals surface area contributed by atoms with E-state index in [4.69, 9.17) is 18.9 Å². The van der Waals surface area contributed by atoms with Crippen LogP contribution in [0.5, 0.6) is 23.0 Å². The summed E-state index contributed by atoms with van der Waals surface area (Å²) in [5.74, 6) is 0.786. The number of benzene rings is 2. The Hall–Kier alpha value is -3.04. The van der Waals surface area contributed by atoms with Gasteiger partial charge in [-0.2, -0.15) is 0 Å². The van der Waals surface area contributed by atoms with E-state index in [1.54, 1.807) is 49.6 Å². The van der Waals surface area contributed by atoms with Crippen molar-refractivity contribution < 1.29 is 37.5 Å². The summed E-state index contributed by atoms with van der Waals surface area (Å²) in [4.78, 5) is 13.2. The highest BCUT2D eigenvalue weighted by Gasteiger charge is 2.58. The van der Waals surface area contributed by atoms with Crippen molar-refractivity contribution in [3.05, 3.63) is 52.9 Å². The first kappa shape index (κ1) is 29.2. The van der Waals surface area contributed by atoms with Crippen molar-refractivity contribution in [2.75, 3.05) is 53.8 Å². The molecule has 2 atom stereocenters. The first-order valence-electron chi connectivity index (χ1n) is 11.8. The summed E-state index contributed by atoms with van der Waals surface area (Å²) in [6, 6.07) is 10.5. The monoisotopic (exact) mass is 520 g/mol. The molecule has 0 heterocycles. The molecule has 8 nitrogen and oxygen atoms in total. The molecule has 9 heteroatoms. The van der Waals surface area contributed by atoms with E-state index in [1.807, 2.05) is 20.8 Å². The minimum atomic E-state index is -1.68. The summed E-state index contributed by atoms with van der Waals surface area (Å²) >= 11 is 0. The molecule has 2 unspecified atom stereocenters. The zero-order valence-electron chi connectivity index (χ0n) is 22.2. The van der Waals surface area contributed by atoms with E-state index in [9.17, 15) is 14.1 Å². The average molecular weight is 521 g/mol. The van der Waals surface area contributed by atoms with Crippen LogP contribution in [0.2, 0.25) is 0 Å². The van der Waals surface area contributed by atoms with E-state index in [2.05, 4.69) is 0 Å². The van der Waals surface area contributed by atoms with E-state index in [0.717, 1.165) is 0 Å². The van der Waals surface area contributed by atoms with Gasteiger partial charge in [0.15, 0.2) is 0 Å². The van der Waals surface area contributed by atoms with E-state index >= 15 is 0 Å². The Balaban J connectivity index is 2.68. The van der Waals surface area contributed by atoms with E-state index in [0.29, 0.717) is 53.8 Å². The maximum Gasteiger partial charge on any atom is 0.371 e. The third kappa shape index (κ3) is 5.37. The number of carboxylic acids is 1. The Kier molecular flexibility index (Phi) is 10.4. The minimum absolute atomic E-state index is 0.143. The SMILES string of the molecule is CC[N+](CC)(CC)C(CS(=O)C=Cc1c(OC)cc(OC)cc1OC)(C(=O)O)c1ccccc1OC. The molecule has 0 bridgehead atoms. The summed E-state index contributed by atoms with van der Waals surface area (Å²) < 4.78 is 35.7. The Morgan fingerprint density at radius 3 is 1.89 bits per heavy atom. The zero-order valence-corrected chi connectivity index (χ0v) is 23.0. The number of likely N-dealkylation sites (N-methyl/N-ethyl adjacent to an activating group) is 1. The van der Waals surface area contributed by atoms with Crippen molar-refractivity contribution in [1.29, 1.82) is 0 Å². The zero-order chi connectivity index (χ0) is 26.9. The van der Waals surface area contributed by atoms with Crippen LogP contribution in [0.25, 0.3) is 6.08 Å². The molecule has 0 amide bonds. The van der Waals surface area contributed by atoms with Crippen LogP contribution < -0.4 is 18.9 Å². The van der Waals surface area contributed by atoms with Gasteiger partial charge >= 0.3 is 5.97 Å². The second-order valence-corrected chi connectivity index (χ2v) is 9.56. The fourth-order valence-corrected chi connectivity index (χ4v) is 6.26. The van der Waals surface area contributed by atoms with Gasteiger partial charge in [0.05, 0.1) is 75.8 Å². The van der Waals surface area contributed by atoms with Crippen LogP contribution in [-0.4, -0.2) is 73.6 Å². The van der Waals surface area contributed by atoms with Crippen molar-refractivity contribution in [1.82, 2.24) is 0 Å². The van der Waals surface area contributed by atoms with Crippen molar-refractivity contribution in [3.63, 3.8) is 0 Å². The van der Waals surface area contributed by atoms with E-state index < -0.39 is 22.3 Å². The van der Waals surface area contributed by atoms with Gasteiger partial charge < -0.3 is 28.5 Å². The van der Waals surface area contributed by atoms with Crippen LogP contribution in [-0.2, 0) is 21.1 Å². The van der Waals surface area contributed by atoms with Crippen molar-refractivity contribution in [2.24, 2.45) is 0 Å². The van der Waals surface area contributed by atoms with Gasteiger partial charge in [0.25, 0.3) is 0 Å². The number of carbonyl (C=O) groups is 1. The molecule has 2 aromatic rings. The Morgan fingerprint density at radius 2 is 1.44 bits per heavy atom. The van der Waals surface area contributed by atoms with Gasteiger partial charge in [-0.05, 0) is 39.0 Å². The predicted molar refractivity (Wildman–Crippen MR) is 142 cm³/mol. The predicted octanol–water partition coefficient (Wildman–Crippen LogP) is 4.30. The molecule has 198 valence electrons. The van der Waals surface area contributed by atoms with E-state index in [-0.39, 0.29) is 10.2 Å². The van der Waals surface area contributed by atoms with Gasteiger partial charge in [-0.1, -0.05) is 12.1 Å². The number of para-hydroxylation sites is 1. The molecule has 36 heavy (non-hydrogen) atoms. The largest absolute Gasteiger partial charge is 0.496 e. The summed E-state index contributed by atoms with van der Waals surface area (Å²) in [6.45, 7) is 7.51. The normalized spacial score (nSPS) is 14.2. The third-order valence-electron chi connectivity index (χ3n) is 7.02. The Bertz CT molecular complexity index is 1060. The smallest absolute Gasteiger partial charge is 0.371 e. The lowest BCUT2D eigenvalue weighted by Gasteiger charge is -2.49. The van der Waals surface area contributed by atoms with E-state index in [1.165, 1.54) is 26.7 Å². The molecule has 0 saturated heterocycles. The molecule has 0 spiro atoms. The lowest BCUT2D eigenvalue weighted by atomic mass is 9.85. The maximum atomic E-state index is 13.6. The van der Waals surface area contributed by atoms with Gasteiger partial charge in [0.2, 0.25) is 5.54 Å². The van der Waals surface area contributed by atoms with Gasteiger partial charge in [-0.25, -0.2) is 4.79 Å². The van der Waals surface area contributed by atoms with Crippen LogP contribution in [0.1, 0.15) is 31.9 Å². The Morgan fingerprint density at radius 1 is 0.917 bits per heavy atom. The van der Waals surface area contributed by atoms with Crippen LogP contribution in [0.3, 0.4) is 0 Å². The summed E-state index contributed by atoms with van der Waals surface area (Å²) in [7, 11) is 4.43. The second-order valence-electron chi connectivity index (χ2n) is 8.23. The molecular weight excluding hydrogens is 482 g/mol. The molecule has 1 N–H and O–H groups in total.